The van der Waals surface area contributed by atoms with Gasteiger partial charge < -0.3 is 25.5 Å². The Morgan fingerprint density at radius 2 is 1.91 bits per heavy atom. The third kappa shape index (κ3) is 4.13. The average Bonchev–Trinajstić information content (AvgIpc) is 3.40. The number of amides is 2. The Balaban J connectivity index is 1.31. The first-order valence-electron chi connectivity index (χ1n) is 11.2. The van der Waals surface area contributed by atoms with E-state index in [4.69, 9.17) is 0 Å². The largest absolute Gasteiger partial charge is 0.390 e. The van der Waals surface area contributed by atoms with E-state index in [9.17, 15) is 23.5 Å². The van der Waals surface area contributed by atoms with Crippen molar-refractivity contribution in [2.45, 2.75) is 43.9 Å². The van der Waals surface area contributed by atoms with E-state index >= 15 is 0 Å². The molecule has 0 radical (unpaired) electrons. The molecule has 10 nitrogen and oxygen atoms in total. The van der Waals surface area contributed by atoms with Crippen LogP contribution in [0, 0.1) is 5.92 Å². The standard InChI is InChI=1S/C22H25F2N7O3/c1-25-19(33)17-7-12(6-13(11-32)27-17)28-21-26-5-4-18(29-21)30-9-14-2-3-15(10-30)31(14)20(34)16-8-22(16,23)24/h4-7,14-16,32H,2-3,8-11H2,1H3,(H,25,33)(H,26,27,28,29)/t14-,15?,16+/m1/s1. The number of pyridine rings is 1. The number of halogens is 2. The van der Waals surface area contributed by atoms with Crippen molar-refractivity contribution in [1.29, 1.82) is 0 Å². The van der Waals surface area contributed by atoms with Crippen molar-refractivity contribution < 1.29 is 23.5 Å². The lowest BCUT2D eigenvalue weighted by atomic mass is 10.1. The molecule has 1 aliphatic carbocycles. The SMILES string of the molecule is CNC(=O)c1cc(Nc2nccc(N3CC4CC[C@H](C3)N4C(=O)[C@@H]3CC3(F)F)n2)cc(CO)n1. The minimum absolute atomic E-state index is 0.114. The quantitative estimate of drug-likeness (QED) is 0.574. The maximum atomic E-state index is 13.5. The van der Waals surface area contributed by atoms with Crippen LogP contribution in [0.25, 0.3) is 0 Å². The van der Waals surface area contributed by atoms with E-state index in [0.29, 0.717) is 36.2 Å². The van der Waals surface area contributed by atoms with E-state index in [-0.39, 0.29) is 36.7 Å². The predicted octanol–water partition coefficient (Wildman–Crippen LogP) is 1.30. The van der Waals surface area contributed by atoms with Gasteiger partial charge in [-0.2, -0.15) is 4.98 Å². The number of fused-ring (bicyclic) bond motifs is 2. The number of rotatable bonds is 6. The predicted molar refractivity (Wildman–Crippen MR) is 118 cm³/mol. The lowest BCUT2D eigenvalue weighted by molar-refractivity contribution is -0.138. The molecule has 2 amide bonds. The molecule has 34 heavy (non-hydrogen) atoms. The van der Waals surface area contributed by atoms with Crippen LogP contribution in [0.1, 0.15) is 35.4 Å². The first-order chi connectivity index (χ1) is 16.3. The second kappa shape index (κ2) is 8.42. The Morgan fingerprint density at radius 1 is 1.21 bits per heavy atom. The summed E-state index contributed by atoms with van der Waals surface area (Å²) < 4.78 is 26.9. The second-order valence-corrected chi connectivity index (χ2v) is 8.89. The van der Waals surface area contributed by atoms with Gasteiger partial charge in [-0.25, -0.2) is 18.7 Å². The van der Waals surface area contributed by atoms with Crippen LogP contribution in [-0.4, -0.2) is 74.9 Å². The Kier molecular flexibility index (Phi) is 5.54. The smallest absolute Gasteiger partial charge is 0.269 e. The normalized spacial score (nSPS) is 24.6. The molecular weight excluding hydrogens is 448 g/mol. The van der Waals surface area contributed by atoms with Crippen LogP contribution in [0.5, 0.6) is 0 Å². The van der Waals surface area contributed by atoms with Gasteiger partial charge in [-0.3, -0.25) is 9.59 Å². The van der Waals surface area contributed by atoms with Crippen LogP contribution >= 0.6 is 0 Å². The van der Waals surface area contributed by atoms with Crippen molar-refractivity contribution in [3.63, 3.8) is 0 Å². The highest BCUT2D eigenvalue weighted by Gasteiger charge is 2.64. The summed E-state index contributed by atoms with van der Waals surface area (Å²) in [6.07, 6.45) is 2.82. The molecule has 2 bridgehead atoms. The van der Waals surface area contributed by atoms with Gasteiger partial charge in [0, 0.05) is 50.5 Å². The zero-order valence-corrected chi connectivity index (χ0v) is 18.5. The molecule has 1 saturated carbocycles. The number of anilines is 3. The minimum Gasteiger partial charge on any atom is -0.390 e. The number of carbonyl (C=O) groups is 2. The number of aliphatic hydroxyl groups is 1. The molecule has 0 spiro atoms. The summed E-state index contributed by atoms with van der Waals surface area (Å²) in [5.41, 5.74) is 0.959. The molecule has 2 saturated heterocycles. The lowest BCUT2D eigenvalue weighted by Gasteiger charge is -2.41. The van der Waals surface area contributed by atoms with E-state index in [1.165, 1.54) is 13.1 Å². The van der Waals surface area contributed by atoms with Gasteiger partial charge in [-0.05, 0) is 31.0 Å². The molecule has 4 heterocycles. The van der Waals surface area contributed by atoms with Gasteiger partial charge in [0.15, 0.2) is 0 Å². The van der Waals surface area contributed by atoms with Gasteiger partial charge in [0.2, 0.25) is 11.9 Å². The summed E-state index contributed by atoms with van der Waals surface area (Å²) in [5.74, 6) is -3.89. The number of aliphatic hydroxyl groups excluding tert-OH is 1. The number of hydrogen-bond acceptors (Lipinski definition) is 8. The Hall–Kier alpha value is -3.41. The van der Waals surface area contributed by atoms with E-state index in [1.54, 1.807) is 23.2 Å². The summed E-state index contributed by atoms with van der Waals surface area (Å²) in [4.78, 5) is 41.2. The lowest BCUT2D eigenvalue weighted by Crippen LogP contribution is -2.56. The molecule has 5 rings (SSSR count). The molecule has 2 aromatic rings. The maximum absolute atomic E-state index is 13.5. The van der Waals surface area contributed by atoms with Gasteiger partial charge in [-0.1, -0.05) is 0 Å². The fraction of sp³-hybridized carbons (Fsp3) is 0.500. The average molecular weight is 473 g/mol. The van der Waals surface area contributed by atoms with Crippen LogP contribution in [-0.2, 0) is 11.4 Å². The first kappa shape index (κ1) is 22.4. The molecule has 2 aromatic heterocycles. The summed E-state index contributed by atoms with van der Waals surface area (Å²) >= 11 is 0. The first-order valence-corrected chi connectivity index (χ1v) is 11.2. The van der Waals surface area contributed by atoms with Crippen LogP contribution in [0.4, 0.5) is 26.2 Å². The van der Waals surface area contributed by atoms with Crippen molar-refractivity contribution in [3.05, 3.63) is 35.8 Å². The highest BCUT2D eigenvalue weighted by Crippen LogP contribution is 2.51. The molecule has 12 heteroatoms. The molecule has 3 fully saturated rings. The molecular formula is C22H25F2N7O3. The van der Waals surface area contributed by atoms with Crippen LogP contribution in [0.15, 0.2) is 24.4 Å². The van der Waals surface area contributed by atoms with E-state index < -0.39 is 17.7 Å². The van der Waals surface area contributed by atoms with Gasteiger partial charge >= 0.3 is 0 Å². The number of aromatic nitrogens is 3. The second-order valence-electron chi connectivity index (χ2n) is 8.89. The van der Waals surface area contributed by atoms with Crippen LogP contribution < -0.4 is 15.5 Å². The number of carbonyl (C=O) groups excluding carboxylic acids is 2. The van der Waals surface area contributed by atoms with Gasteiger partial charge in [-0.15, -0.1) is 0 Å². The summed E-state index contributed by atoms with van der Waals surface area (Å²) in [6, 6.07) is 4.67. The molecule has 3 atom stereocenters. The maximum Gasteiger partial charge on any atom is 0.269 e. The van der Waals surface area contributed by atoms with Gasteiger partial charge in [0.05, 0.1) is 12.3 Å². The third-order valence-electron chi connectivity index (χ3n) is 6.58. The Morgan fingerprint density at radius 3 is 2.53 bits per heavy atom. The van der Waals surface area contributed by atoms with Crippen molar-refractivity contribution >= 4 is 29.3 Å². The minimum atomic E-state index is -2.86. The van der Waals surface area contributed by atoms with Crippen molar-refractivity contribution in [1.82, 2.24) is 25.2 Å². The van der Waals surface area contributed by atoms with Crippen molar-refractivity contribution in [3.8, 4) is 0 Å². The molecule has 3 aliphatic rings. The van der Waals surface area contributed by atoms with E-state index in [2.05, 4.69) is 25.6 Å². The fourth-order valence-electron chi connectivity index (χ4n) is 4.81. The van der Waals surface area contributed by atoms with Gasteiger partial charge in [0.25, 0.3) is 11.8 Å². The van der Waals surface area contributed by atoms with E-state index in [1.807, 2.05) is 4.90 Å². The molecule has 0 aromatic carbocycles. The summed E-state index contributed by atoms with van der Waals surface area (Å²) in [6.45, 7) is 0.697. The number of hydrogen-bond donors (Lipinski definition) is 3. The number of nitrogens with one attached hydrogen (secondary N) is 2. The zero-order valence-electron chi connectivity index (χ0n) is 18.5. The van der Waals surface area contributed by atoms with Gasteiger partial charge in [0.1, 0.15) is 17.4 Å². The Bertz CT molecular complexity index is 1120. The topological polar surface area (TPSA) is 124 Å². The summed E-state index contributed by atoms with van der Waals surface area (Å²) in [7, 11) is 1.49. The molecule has 3 N–H and O–H groups in total. The number of nitrogens with zero attached hydrogens (tertiary/aromatic N) is 5. The van der Waals surface area contributed by atoms with Crippen molar-refractivity contribution in [2.75, 3.05) is 30.4 Å². The zero-order chi connectivity index (χ0) is 24.0. The molecule has 1 unspecified atom stereocenters. The van der Waals surface area contributed by atoms with E-state index in [0.717, 1.165) is 12.8 Å². The third-order valence-corrected chi connectivity index (χ3v) is 6.58. The molecule has 2 aliphatic heterocycles. The fourth-order valence-corrected chi connectivity index (χ4v) is 4.81. The monoisotopic (exact) mass is 473 g/mol. The van der Waals surface area contributed by atoms with Crippen molar-refractivity contribution in [2.24, 2.45) is 5.92 Å². The highest BCUT2D eigenvalue weighted by atomic mass is 19.3. The Labute approximate surface area is 194 Å². The summed E-state index contributed by atoms with van der Waals surface area (Å²) in [5, 5.41) is 15.0. The number of piperazine rings is 1. The van der Waals surface area contributed by atoms with Crippen LogP contribution in [0.3, 0.4) is 0 Å². The number of alkyl halides is 2. The van der Waals surface area contributed by atoms with Crippen LogP contribution in [0.2, 0.25) is 0 Å². The highest BCUT2D eigenvalue weighted by molar-refractivity contribution is 5.93. The molecule has 180 valence electrons.